The number of hydrogen-bond donors (Lipinski definition) is 2. The Bertz CT molecular complexity index is 507. The summed E-state index contributed by atoms with van der Waals surface area (Å²) in [7, 11) is 0. The molecule has 2 N–H and O–H groups in total. The summed E-state index contributed by atoms with van der Waals surface area (Å²) in [5, 5.41) is 0. The molecule has 2 aliphatic heterocycles. The maximum absolute atomic E-state index is 11.8. The van der Waals surface area contributed by atoms with Gasteiger partial charge in [-0.1, -0.05) is 26.7 Å². The molecular formula is C16H26N4O6. The number of carbonyl (C=O) groups excluding carboxylic acids is 4. The topological polar surface area (TPSA) is 117 Å². The van der Waals surface area contributed by atoms with Crippen LogP contribution < -0.4 is 11.0 Å². The number of rotatable bonds is 7. The lowest BCUT2D eigenvalue weighted by molar-refractivity contribution is -0.152. The summed E-state index contributed by atoms with van der Waals surface area (Å²) in [6.45, 7) is 5.19. The van der Waals surface area contributed by atoms with Gasteiger partial charge in [-0.2, -0.15) is 11.0 Å². The number of amides is 4. The zero-order valence-electron chi connectivity index (χ0n) is 15.2. The van der Waals surface area contributed by atoms with E-state index >= 15 is 0 Å². The lowest BCUT2D eigenvalue weighted by Crippen LogP contribution is -2.39. The minimum Gasteiger partial charge on any atom is -0.339 e. The van der Waals surface area contributed by atoms with Crippen molar-refractivity contribution < 1.29 is 28.9 Å². The molecule has 0 bridgehead atoms. The minimum atomic E-state index is -0.437. The summed E-state index contributed by atoms with van der Waals surface area (Å²) in [6.07, 6.45) is 3.35. The van der Waals surface area contributed by atoms with E-state index in [9.17, 15) is 19.2 Å². The molecule has 0 aromatic heterocycles. The van der Waals surface area contributed by atoms with E-state index in [1.54, 1.807) is 23.6 Å². The van der Waals surface area contributed by atoms with Crippen molar-refractivity contribution in [2.75, 3.05) is 26.2 Å². The molecule has 2 atom stereocenters. The van der Waals surface area contributed by atoms with Crippen LogP contribution >= 0.6 is 0 Å². The zero-order valence-corrected chi connectivity index (χ0v) is 15.2. The number of hydrogen-bond acceptors (Lipinski definition) is 6. The van der Waals surface area contributed by atoms with Crippen molar-refractivity contribution in [1.82, 2.24) is 20.8 Å². The molecule has 146 valence electrons. The van der Waals surface area contributed by atoms with Crippen molar-refractivity contribution in [3.63, 3.8) is 0 Å². The zero-order chi connectivity index (χ0) is 19.1. The Labute approximate surface area is 152 Å². The van der Waals surface area contributed by atoms with E-state index < -0.39 is 24.0 Å². The second-order valence-corrected chi connectivity index (χ2v) is 6.76. The summed E-state index contributed by atoms with van der Waals surface area (Å²) in [4.78, 5) is 58.9. The molecule has 26 heavy (non-hydrogen) atoms. The van der Waals surface area contributed by atoms with Gasteiger partial charge in [-0.05, 0) is 12.8 Å². The summed E-state index contributed by atoms with van der Waals surface area (Å²) in [5.74, 6) is -1.59. The lowest BCUT2D eigenvalue weighted by Gasteiger charge is -2.21. The molecule has 0 saturated carbocycles. The molecule has 2 heterocycles. The van der Waals surface area contributed by atoms with E-state index in [2.05, 4.69) is 20.6 Å². The van der Waals surface area contributed by atoms with Crippen molar-refractivity contribution in [2.24, 2.45) is 11.8 Å². The van der Waals surface area contributed by atoms with Gasteiger partial charge in [-0.3, -0.25) is 0 Å². The first-order valence-electron chi connectivity index (χ1n) is 8.89. The van der Waals surface area contributed by atoms with Crippen LogP contribution in [0.3, 0.4) is 0 Å². The van der Waals surface area contributed by atoms with Crippen LogP contribution in [-0.4, -0.2) is 60.0 Å². The van der Waals surface area contributed by atoms with Crippen molar-refractivity contribution in [2.45, 2.75) is 39.5 Å². The fourth-order valence-electron chi connectivity index (χ4n) is 2.84. The molecule has 10 heteroatoms. The van der Waals surface area contributed by atoms with Gasteiger partial charge in [0.05, 0.1) is 11.8 Å². The van der Waals surface area contributed by atoms with Gasteiger partial charge in [0.25, 0.3) is 0 Å². The smallest absolute Gasteiger partial charge is 0.339 e. The van der Waals surface area contributed by atoms with Gasteiger partial charge in [0.2, 0.25) is 0 Å². The van der Waals surface area contributed by atoms with E-state index in [0.717, 1.165) is 25.7 Å². The SMILES string of the molecule is CC1CN(CCCCCCN2CC(C)C(=O)ONC2=O)C(=O)NOC1=O. The molecule has 2 rings (SSSR count). The third-order valence-electron chi connectivity index (χ3n) is 4.45. The highest BCUT2D eigenvalue weighted by atomic mass is 16.7. The Morgan fingerprint density at radius 1 is 0.769 bits per heavy atom. The third kappa shape index (κ3) is 5.50. The fraction of sp³-hybridized carbons (Fsp3) is 0.750. The van der Waals surface area contributed by atoms with Gasteiger partial charge in [-0.25, -0.2) is 19.2 Å². The monoisotopic (exact) mass is 370 g/mol. The number of unbranched alkanes of at least 4 members (excludes halogenated alkanes) is 3. The molecular weight excluding hydrogens is 344 g/mol. The number of nitrogens with one attached hydrogen (secondary N) is 2. The maximum atomic E-state index is 11.8. The predicted octanol–water partition coefficient (Wildman–Crippen LogP) is 0.786. The van der Waals surface area contributed by atoms with Gasteiger partial charge in [0.15, 0.2) is 0 Å². The van der Waals surface area contributed by atoms with Crippen LogP contribution in [0.4, 0.5) is 9.59 Å². The van der Waals surface area contributed by atoms with Gasteiger partial charge < -0.3 is 19.5 Å². The summed E-state index contributed by atoms with van der Waals surface area (Å²) in [5.41, 5.74) is 4.27. The molecule has 0 aliphatic carbocycles. The van der Waals surface area contributed by atoms with Crippen LogP contribution in [0.15, 0.2) is 0 Å². The van der Waals surface area contributed by atoms with Crippen molar-refractivity contribution in [3.05, 3.63) is 0 Å². The summed E-state index contributed by atoms with van der Waals surface area (Å²) >= 11 is 0. The Morgan fingerprint density at radius 3 is 1.54 bits per heavy atom. The predicted molar refractivity (Wildman–Crippen MR) is 89.2 cm³/mol. The van der Waals surface area contributed by atoms with Crippen LogP contribution in [0.1, 0.15) is 39.5 Å². The van der Waals surface area contributed by atoms with E-state index in [-0.39, 0.29) is 11.8 Å². The van der Waals surface area contributed by atoms with Crippen LogP contribution in [0.25, 0.3) is 0 Å². The molecule has 0 spiro atoms. The third-order valence-corrected chi connectivity index (χ3v) is 4.45. The summed E-state index contributed by atoms with van der Waals surface area (Å²) in [6, 6.07) is -0.801. The minimum absolute atomic E-state index is 0.338. The highest BCUT2D eigenvalue weighted by molar-refractivity contribution is 5.81. The molecule has 2 aliphatic rings. The van der Waals surface area contributed by atoms with Gasteiger partial charge >= 0.3 is 24.0 Å². The number of urea groups is 2. The quantitative estimate of drug-likeness (QED) is 0.640. The average molecular weight is 370 g/mol. The Morgan fingerprint density at radius 2 is 1.15 bits per heavy atom. The number of nitrogens with zero attached hydrogens (tertiary/aromatic N) is 2. The fourth-order valence-corrected chi connectivity index (χ4v) is 2.84. The van der Waals surface area contributed by atoms with Crippen molar-refractivity contribution in [3.8, 4) is 0 Å². The van der Waals surface area contributed by atoms with E-state index in [0.29, 0.717) is 26.2 Å². The average Bonchev–Trinajstić information content (AvgIpc) is 2.81. The second kappa shape index (κ2) is 9.25. The van der Waals surface area contributed by atoms with Gasteiger partial charge in [-0.15, -0.1) is 0 Å². The number of carbonyl (C=O) groups is 4. The number of hydroxylamine groups is 2. The Hall–Kier alpha value is -2.52. The second-order valence-electron chi connectivity index (χ2n) is 6.76. The highest BCUT2D eigenvalue weighted by Crippen LogP contribution is 2.11. The van der Waals surface area contributed by atoms with Crippen molar-refractivity contribution >= 4 is 24.0 Å². The van der Waals surface area contributed by atoms with E-state index in [4.69, 9.17) is 0 Å². The van der Waals surface area contributed by atoms with Crippen molar-refractivity contribution in [1.29, 1.82) is 0 Å². The first-order chi connectivity index (χ1) is 12.4. The molecule has 4 amide bonds. The molecule has 0 aromatic rings. The Kier molecular flexibility index (Phi) is 7.05. The lowest BCUT2D eigenvalue weighted by atomic mass is 10.1. The first-order valence-corrected chi connectivity index (χ1v) is 8.89. The summed E-state index contributed by atoms with van der Waals surface area (Å²) < 4.78 is 0. The molecule has 0 radical (unpaired) electrons. The van der Waals surface area contributed by atoms with Crippen LogP contribution in [-0.2, 0) is 19.3 Å². The Balaban J connectivity index is 1.64. The van der Waals surface area contributed by atoms with Crippen LogP contribution in [0, 0.1) is 11.8 Å². The van der Waals surface area contributed by atoms with Gasteiger partial charge in [0.1, 0.15) is 0 Å². The normalized spacial score (nSPS) is 24.2. The highest BCUT2D eigenvalue weighted by Gasteiger charge is 2.28. The molecule has 0 aromatic carbocycles. The van der Waals surface area contributed by atoms with Gasteiger partial charge in [0, 0.05) is 26.2 Å². The van der Waals surface area contributed by atoms with Crippen LogP contribution in [0.5, 0.6) is 0 Å². The maximum Gasteiger partial charge on any atom is 0.350 e. The molecule has 10 nitrogen and oxygen atoms in total. The largest absolute Gasteiger partial charge is 0.350 e. The molecule has 2 unspecified atom stereocenters. The van der Waals surface area contributed by atoms with E-state index in [1.807, 2.05) is 0 Å². The first kappa shape index (κ1) is 19.8. The molecule has 2 fully saturated rings. The van der Waals surface area contributed by atoms with E-state index in [1.165, 1.54) is 0 Å². The standard InChI is InChI=1S/C16H26N4O6/c1-11-9-19(15(23)17-25-13(11)21)7-5-3-4-6-8-20-10-12(2)14(22)26-18-16(20)24/h11-12H,3-10H2,1-2H3,(H,17,23)(H,18,24). The molecule has 2 saturated heterocycles. The van der Waals surface area contributed by atoms with Crippen LogP contribution in [0.2, 0.25) is 0 Å².